The highest BCUT2D eigenvalue weighted by Gasteiger charge is 2.38. The SMILES string of the molecule is C[C@@H]1CN([C@H](C)CO)S(=O)(=O)c2ccc(-c3ccncc3)cc2O[C@H]1CN(C)C(=O)Nc1ccc(F)cc1. The number of benzene rings is 2. The van der Waals surface area contributed by atoms with Gasteiger partial charge < -0.3 is 20.1 Å². The molecule has 2 aromatic carbocycles. The lowest BCUT2D eigenvalue weighted by molar-refractivity contribution is 0.0830. The van der Waals surface area contributed by atoms with Gasteiger partial charge in [-0.2, -0.15) is 4.31 Å². The van der Waals surface area contributed by atoms with Crippen LogP contribution in [0.2, 0.25) is 0 Å². The molecule has 2 N–H and O–H groups in total. The van der Waals surface area contributed by atoms with Crippen LogP contribution in [0.5, 0.6) is 5.75 Å². The van der Waals surface area contributed by atoms with Crippen molar-refractivity contribution in [2.75, 3.05) is 32.1 Å². The maximum Gasteiger partial charge on any atom is 0.321 e. The normalized spacial score (nSPS) is 19.8. The minimum Gasteiger partial charge on any atom is -0.487 e. The number of aliphatic hydroxyl groups is 1. The fraction of sp³-hybridized carbons (Fsp3) is 0.333. The van der Waals surface area contributed by atoms with E-state index in [0.29, 0.717) is 5.69 Å². The second-order valence-corrected chi connectivity index (χ2v) is 11.3. The maximum absolute atomic E-state index is 13.7. The summed E-state index contributed by atoms with van der Waals surface area (Å²) in [7, 11) is -2.38. The van der Waals surface area contributed by atoms with Crippen LogP contribution in [0, 0.1) is 11.7 Å². The molecule has 1 aliphatic heterocycles. The molecule has 4 rings (SSSR count). The van der Waals surface area contributed by atoms with Gasteiger partial charge in [0.1, 0.15) is 22.6 Å². The number of urea groups is 1. The highest BCUT2D eigenvalue weighted by Crippen LogP contribution is 2.36. The lowest BCUT2D eigenvalue weighted by Gasteiger charge is -2.37. The number of sulfonamides is 1. The van der Waals surface area contributed by atoms with Gasteiger partial charge in [0, 0.05) is 43.6 Å². The zero-order chi connectivity index (χ0) is 27.4. The second-order valence-electron chi connectivity index (χ2n) is 9.45. The average molecular weight is 543 g/mol. The Kier molecular flexibility index (Phi) is 8.29. The first-order chi connectivity index (χ1) is 18.1. The number of aromatic nitrogens is 1. The van der Waals surface area contributed by atoms with E-state index in [-0.39, 0.29) is 36.3 Å². The minimum atomic E-state index is -3.99. The number of ether oxygens (including phenoxy) is 1. The van der Waals surface area contributed by atoms with Crippen molar-refractivity contribution >= 4 is 21.7 Å². The van der Waals surface area contributed by atoms with Gasteiger partial charge in [0.15, 0.2) is 0 Å². The van der Waals surface area contributed by atoms with Crippen LogP contribution in [0.4, 0.5) is 14.9 Å². The predicted molar refractivity (Wildman–Crippen MR) is 142 cm³/mol. The van der Waals surface area contributed by atoms with E-state index in [9.17, 15) is 22.7 Å². The van der Waals surface area contributed by atoms with Crippen molar-refractivity contribution in [1.82, 2.24) is 14.2 Å². The van der Waals surface area contributed by atoms with E-state index in [4.69, 9.17) is 4.74 Å². The third kappa shape index (κ3) is 5.95. The molecule has 2 amide bonds. The Morgan fingerprint density at radius 2 is 1.87 bits per heavy atom. The number of hydrogen-bond donors (Lipinski definition) is 2. The first kappa shape index (κ1) is 27.5. The summed E-state index contributed by atoms with van der Waals surface area (Å²) in [6.07, 6.45) is 2.72. The maximum atomic E-state index is 13.7. The second kappa shape index (κ2) is 11.5. The fourth-order valence-corrected chi connectivity index (χ4v) is 6.10. The summed E-state index contributed by atoms with van der Waals surface area (Å²) < 4.78 is 48.2. The van der Waals surface area contributed by atoms with Crippen LogP contribution in [-0.2, 0) is 10.0 Å². The van der Waals surface area contributed by atoms with Crippen LogP contribution in [0.1, 0.15) is 13.8 Å². The number of aliphatic hydroxyl groups excluding tert-OH is 1. The molecule has 1 aromatic heterocycles. The smallest absolute Gasteiger partial charge is 0.321 e. The number of nitrogens with zero attached hydrogens (tertiary/aromatic N) is 3. The summed E-state index contributed by atoms with van der Waals surface area (Å²) in [5.41, 5.74) is 2.03. The predicted octanol–water partition coefficient (Wildman–Crippen LogP) is 3.82. The molecule has 2 heterocycles. The molecular formula is C27H31FN4O5S. The summed E-state index contributed by atoms with van der Waals surface area (Å²) >= 11 is 0. The molecule has 0 fully saturated rings. The van der Waals surface area contributed by atoms with E-state index in [1.165, 1.54) is 39.5 Å². The number of amides is 2. The number of pyridine rings is 1. The van der Waals surface area contributed by atoms with Gasteiger partial charge in [-0.3, -0.25) is 4.98 Å². The third-order valence-corrected chi connectivity index (χ3v) is 8.60. The molecule has 0 unspecified atom stereocenters. The third-order valence-electron chi connectivity index (χ3n) is 6.58. The van der Waals surface area contributed by atoms with Crippen molar-refractivity contribution < 1.29 is 27.4 Å². The van der Waals surface area contributed by atoms with Gasteiger partial charge in [0.05, 0.1) is 13.2 Å². The van der Waals surface area contributed by atoms with Crippen molar-refractivity contribution in [3.63, 3.8) is 0 Å². The lowest BCUT2D eigenvalue weighted by atomic mass is 10.0. The number of fused-ring (bicyclic) bond motifs is 1. The number of carbonyl (C=O) groups is 1. The van der Waals surface area contributed by atoms with E-state index in [2.05, 4.69) is 10.3 Å². The fourth-order valence-electron chi connectivity index (χ4n) is 4.27. The van der Waals surface area contributed by atoms with E-state index in [1.807, 2.05) is 19.1 Å². The summed E-state index contributed by atoms with van der Waals surface area (Å²) in [5.74, 6) is -0.578. The number of anilines is 1. The number of carbonyl (C=O) groups excluding carboxylic acids is 1. The molecule has 38 heavy (non-hydrogen) atoms. The van der Waals surface area contributed by atoms with Crippen molar-refractivity contribution in [2.45, 2.75) is 30.9 Å². The van der Waals surface area contributed by atoms with E-state index >= 15 is 0 Å². The van der Waals surface area contributed by atoms with Crippen molar-refractivity contribution in [3.8, 4) is 16.9 Å². The molecular weight excluding hydrogens is 511 g/mol. The van der Waals surface area contributed by atoms with Gasteiger partial charge >= 0.3 is 6.03 Å². The Hall–Kier alpha value is -3.54. The monoisotopic (exact) mass is 542 g/mol. The molecule has 0 saturated carbocycles. The Labute approximate surface area is 221 Å². The molecule has 202 valence electrons. The van der Waals surface area contributed by atoms with Crippen LogP contribution in [0.3, 0.4) is 0 Å². The van der Waals surface area contributed by atoms with Crippen LogP contribution >= 0.6 is 0 Å². The number of nitrogens with one attached hydrogen (secondary N) is 1. The largest absolute Gasteiger partial charge is 0.487 e. The Morgan fingerprint density at radius 3 is 2.53 bits per heavy atom. The standard InChI is InChI=1S/C27H31FN4O5S/c1-18-15-32(19(2)17-33)38(35,36)26-9-4-21(20-10-12-29-13-11-20)14-24(26)37-25(18)16-31(3)27(34)30-23-7-5-22(28)6-8-23/h4-14,18-19,25,33H,15-17H2,1-3H3,(H,30,34)/t18-,19-,25+/m1/s1. The summed E-state index contributed by atoms with van der Waals surface area (Å²) in [6, 6.07) is 12.9. The topological polar surface area (TPSA) is 112 Å². The highest BCUT2D eigenvalue weighted by atomic mass is 32.2. The molecule has 1 aliphatic rings. The van der Waals surface area contributed by atoms with E-state index < -0.39 is 34.0 Å². The molecule has 0 aliphatic carbocycles. The van der Waals surface area contributed by atoms with Gasteiger partial charge in [-0.15, -0.1) is 0 Å². The Balaban J connectivity index is 1.67. The molecule has 0 bridgehead atoms. The number of hydrogen-bond acceptors (Lipinski definition) is 6. The molecule has 0 radical (unpaired) electrons. The molecule has 3 aromatic rings. The molecule has 11 heteroatoms. The zero-order valence-electron chi connectivity index (χ0n) is 21.4. The lowest BCUT2D eigenvalue weighted by Crippen LogP contribution is -2.50. The van der Waals surface area contributed by atoms with Crippen molar-refractivity contribution in [2.24, 2.45) is 5.92 Å². The zero-order valence-corrected chi connectivity index (χ0v) is 22.2. The highest BCUT2D eigenvalue weighted by molar-refractivity contribution is 7.89. The minimum absolute atomic E-state index is 0.00840. The number of likely N-dealkylation sites (N-methyl/N-ethyl adjacent to an activating group) is 1. The van der Waals surface area contributed by atoms with Crippen LogP contribution in [0.15, 0.2) is 71.9 Å². The van der Waals surface area contributed by atoms with Gasteiger partial charge in [0.2, 0.25) is 10.0 Å². The number of halogens is 1. The van der Waals surface area contributed by atoms with Gasteiger partial charge in [-0.05, 0) is 66.6 Å². The van der Waals surface area contributed by atoms with Gasteiger partial charge in [-0.1, -0.05) is 13.0 Å². The summed E-state index contributed by atoms with van der Waals surface area (Å²) in [5, 5.41) is 12.5. The Morgan fingerprint density at radius 1 is 1.18 bits per heavy atom. The molecule has 9 nitrogen and oxygen atoms in total. The first-order valence-corrected chi connectivity index (χ1v) is 13.7. The molecule has 3 atom stereocenters. The molecule has 0 saturated heterocycles. The van der Waals surface area contributed by atoms with Gasteiger partial charge in [0.25, 0.3) is 0 Å². The van der Waals surface area contributed by atoms with E-state index in [0.717, 1.165) is 11.1 Å². The Bertz CT molecular complexity index is 1370. The van der Waals surface area contributed by atoms with Gasteiger partial charge in [-0.25, -0.2) is 17.6 Å². The first-order valence-electron chi connectivity index (χ1n) is 12.2. The average Bonchev–Trinajstić information content (AvgIpc) is 2.91. The van der Waals surface area contributed by atoms with Crippen LogP contribution in [0.25, 0.3) is 11.1 Å². The number of rotatable bonds is 6. The van der Waals surface area contributed by atoms with E-state index in [1.54, 1.807) is 38.5 Å². The quantitative estimate of drug-likeness (QED) is 0.490. The van der Waals surface area contributed by atoms with Crippen LogP contribution < -0.4 is 10.1 Å². The summed E-state index contributed by atoms with van der Waals surface area (Å²) in [6.45, 7) is 3.39. The van der Waals surface area contributed by atoms with Crippen LogP contribution in [-0.4, -0.2) is 72.6 Å². The summed E-state index contributed by atoms with van der Waals surface area (Å²) in [4.78, 5) is 18.3. The van der Waals surface area contributed by atoms with Crippen molar-refractivity contribution in [3.05, 3.63) is 72.8 Å². The molecule has 0 spiro atoms. The van der Waals surface area contributed by atoms with Crippen molar-refractivity contribution in [1.29, 1.82) is 0 Å².